The molecule has 8 heteroatoms. The average Bonchev–Trinajstić information content (AvgIpc) is 2.81. The lowest BCUT2D eigenvalue weighted by atomic mass is 9.97. The molecule has 1 heterocycles. The van der Waals surface area contributed by atoms with Crippen LogP contribution >= 0.6 is 0 Å². The smallest absolute Gasteiger partial charge is 0.323 e. The molecule has 0 saturated carbocycles. The first kappa shape index (κ1) is 23.1. The number of hydrogen-bond donors (Lipinski definition) is 4. The molecule has 1 fully saturated rings. The second-order valence-corrected chi connectivity index (χ2v) is 7.82. The monoisotopic (exact) mass is 437 g/mol. The number of anilines is 3. The van der Waals surface area contributed by atoms with Gasteiger partial charge in [0.25, 0.3) is 0 Å². The Morgan fingerprint density at radius 3 is 2.00 bits per heavy atom. The minimum Gasteiger partial charge on any atom is -0.356 e. The first-order chi connectivity index (χ1) is 15.5. The maximum Gasteiger partial charge on any atom is 0.323 e. The van der Waals surface area contributed by atoms with Crippen LogP contribution in [0.2, 0.25) is 0 Å². The maximum absolute atomic E-state index is 12.6. The van der Waals surface area contributed by atoms with Crippen LogP contribution in [0.25, 0.3) is 0 Å². The summed E-state index contributed by atoms with van der Waals surface area (Å²) in [5.74, 6) is -0.169. The van der Waals surface area contributed by atoms with E-state index in [1.165, 1.54) is 5.56 Å². The molecule has 5 amide bonds. The van der Waals surface area contributed by atoms with E-state index in [1.807, 2.05) is 31.2 Å². The molecule has 0 aromatic heterocycles. The molecule has 32 heavy (non-hydrogen) atoms. The van der Waals surface area contributed by atoms with E-state index >= 15 is 0 Å². The van der Waals surface area contributed by atoms with Crippen molar-refractivity contribution in [2.45, 2.75) is 33.1 Å². The summed E-state index contributed by atoms with van der Waals surface area (Å²) in [6, 6.07) is 14.0. The molecular formula is C24H31N5O3. The average molecular weight is 438 g/mol. The summed E-state index contributed by atoms with van der Waals surface area (Å²) in [5, 5.41) is 11.3. The first-order valence-electron chi connectivity index (χ1n) is 11.1. The van der Waals surface area contributed by atoms with Gasteiger partial charge >= 0.3 is 12.1 Å². The van der Waals surface area contributed by atoms with Gasteiger partial charge in [-0.05, 0) is 68.1 Å². The Hall–Kier alpha value is -3.55. The van der Waals surface area contributed by atoms with E-state index in [4.69, 9.17) is 0 Å². The number of amides is 5. The molecule has 0 radical (unpaired) electrons. The molecule has 1 unspecified atom stereocenters. The summed E-state index contributed by atoms with van der Waals surface area (Å²) < 4.78 is 0. The number of piperidine rings is 1. The summed E-state index contributed by atoms with van der Waals surface area (Å²) in [4.78, 5) is 38.6. The third-order valence-electron chi connectivity index (χ3n) is 5.44. The molecule has 170 valence electrons. The van der Waals surface area contributed by atoms with Crippen LogP contribution in [0.1, 0.15) is 32.3 Å². The standard InChI is InChI=1S/C24H31N5O3/c1-3-17-7-9-19(10-8-17)26-23(31)27-20-11-13-21(14-12-20)28-24(32)29-15-5-6-18(16-29)22(30)25-4-2/h7-14,18H,3-6,15-16H2,1-2H3,(H,25,30)(H,28,32)(H2,26,27,31). The summed E-state index contributed by atoms with van der Waals surface area (Å²) in [6.45, 7) is 5.59. The van der Waals surface area contributed by atoms with Gasteiger partial charge in [0.05, 0.1) is 5.92 Å². The van der Waals surface area contributed by atoms with E-state index in [2.05, 4.69) is 28.2 Å². The Bertz CT molecular complexity index is 928. The van der Waals surface area contributed by atoms with Crippen molar-refractivity contribution in [3.63, 3.8) is 0 Å². The van der Waals surface area contributed by atoms with Gasteiger partial charge in [0.15, 0.2) is 0 Å². The van der Waals surface area contributed by atoms with E-state index in [1.54, 1.807) is 29.2 Å². The fourth-order valence-corrected chi connectivity index (χ4v) is 3.65. The molecule has 1 aliphatic rings. The van der Waals surface area contributed by atoms with E-state index in [9.17, 15) is 14.4 Å². The summed E-state index contributed by atoms with van der Waals surface area (Å²) in [7, 11) is 0. The van der Waals surface area contributed by atoms with Crippen LogP contribution in [-0.4, -0.2) is 42.5 Å². The number of aryl methyl sites for hydroxylation is 1. The normalized spacial score (nSPS) is 15.6. The van der Waals surface area contributed by atoms with Gasteiger partial charge < -0.3 is 26.2 Å². The predicted molar refractivity (Wildman–Crippen MR) is 127 cm³/mol. The maximum atomic E-state index is 12.6. The number of rotatable bonds is 6. The number of nitrogens with zero attached hydrogens (tertiary/aromatic N) is 1. The molecule has 0 spiro atoms. The molecule has 8 nitrogen and oxygen atoms in total. The third kappa shape index (κ3) is 6.47. The largest absolute Gasteiger partial charge is 0.356 e. The van der Waals surface area contributed by atoms with Gasteiger partial charge in [0, 0.05) is 36.7 Å². The molecule has 1 atom stereocenters. The quantitative estimate of drug-likeness (QED) is 0.543. The van der Waals surface area contributed by atoms with Gasteiger partial charge in [-0.2, -0.15) is 0 Å². The van der Waals surface area contributed by atoms with Crippen LogP contribution in [0.15, 0.2) is 48.5 Å². The molecule has 0 aliphatic carbocycles. The third-order valence-corrected chi connectivity index (χ3v) is 5.44. The van der Waals surface area contributed by atoms with Crippen molar-refractivity contribution in [2.24, 2.45) is 5.92 Å². The number of carbonyl (C=O) groups is 3. The van der Waals surface area contributed by atoms with E-state index in [-0.39, 0.29) is 23.9 Å². The van der Waals surface area contributed by atoms with Crippen LogP contribution in [0.3, 0.4) is 0 Å². The Kier molecular flexibility index (Phi) is 8.08. The Balaban J connectivity index is 1.49. The van der Waals surface area contributed by atoms with Gasteiger partial charge in [-0.25, -0.2) is 9.59 Å². The molecular weight excluding hydrogens is 406 g/mol. The van der Waals surface area contributed by atoms with Crippen LogP contribution in [-0.2, 0) is 11.2 Å². The molecule has 1 saturated heterocycles. The zero-order chi connectivity index (χ0) is 22.9. The van der Waals surface area contributed by atoms with Crippen molar-refractivity contribution in [2.75, 3.05) is 35.6 Å². The van der Waals surface area contributed by atoms with Crippen molar-refractivity contribution in [3.8, 4) is 0 Å². The first-order valence-corrected chi connectivity index (χ1v) is 11.1. The molecule has 1 aliphatic heterocycles. The summed E-state index contributed by atoms with van der Waals surface area (Å²) >= 11 is 0. The Morgan fingerprint density at radius 1 is 0.875 bits per heavy atom. The van der Waals surface area contributed by atoms with E-state index < -0.39 is 0 Å². The zero-order valence-corrected chi connectivity index (χ0v) is 18.6. The van der Waals surface area contributed by atoms with Crippen LogP contribution in [0.5, 0.6) is 0 Å². The zero-order valence-electron chi connectivity index (χ0n) is 18.6. The van der Waals surface area contributed by atoms with Gasteiger partial charge in [-0.1, -0.05) is 19.1 Å². The van der Waals surface area contributed by atoms with Gasteiger partial charge in [-0.3, -0.25) is 4.79 Å². The summed E-state index contributed by atoms with van der Waals surface area (Å²) in [6.07, 6.45) is 2.54. The SMILES string of the molecule is CCNC(=O)C1CCCN(C(=O)Nc2ccc(NC(=O)Nc3ccc(CC)cc3)cc2)C1. The molecule has 4 N–H and O–H groups in total. The number of likely N-dealkylation sites (tertiary alicyclic amines) is 1. The van der Waals surface area contributed by atoms with Crippen molar-refractivity contribution in [1.82, 2.24) is 10.2 Å². The highest BCUT2D eigenvalue weighted by molar-refractivity contribution is 6.00. The fraction of sp³-hybridized carbons (Fsp3) is 0.375. The van der Waals surface area contributed by atoms with Gasteiger partial charge in [0.1, 0.15) is 0 Å². The van der Waals surface area contributed by atoms with E-state index in [0.29, 0.717) is 31.0 Å². The number of nitrogens with one attached hydrogen (secondary N) is 4. The number of carbonyl (C=O) groups excluding carboxylic acids is 3. The van der Waals surface area contributed by atoms with Gasteiger partial charge in [-0.15, -0.1) is 0 Å². The lowest BCUT2D eigenvalue weighted by molar-refractivity contribution is -0.126. The molecule has 0 bridgehead atoms. The predicted octanol–water partition coefficient (Wildman–Crippen LogP) is 4.27. The Morgan fingerprint density at radius 2 is 1.44 bits per heavy atom. The van der Waals surface area contributed by atoms with Crippen LogP contribution in [0.4, 0.5) is 26.7 Å². The fourth-order valence-electron chi connectivity index (χ4n) is 3.65. The minimum atomic E-state index is -0.337. The van der Waals surface area contributed by atoms with Crippen molar-refractivity contribution >= 4 is 35.0 Å². The molecule has 2 aromatic carbocycles. The topological polar surface area (TPSA) is 103 Å². The molecule has 2 aromatic rings. The van der Waals surface area contributed by atoms with Crippen molar-refractivity contribution < 1.29 is 14.4 Å². The van der Waals surface area contributed by atoms with Crippen LogP contribution < -0.4 is 21.3 Å². The van der Waals surface area contributed by atoms with Crippen molar-refractivity contribution in [1.29, 1.82) is 0 Å². The lowest BCUT2D eigenvalue weighted by Crippen LogP contribution is -2.46. The summed E-state index contributed by atoms with van der Waals surface area (Å²) in [5.41, 5.74) is 3.16. The number of urea groups is 2. The molecule has 3 rings (SSSR count). The minimum absolute atomic E-state index is 0.00000985. The second kappa shape index (κ2) is 11.2. The van der Waals surface area contributed by atoms with Crippen LogP contribution in [0, 0.1) is 5.92 Å². The Labute approximate surface area is 188 Å². The number of hydrogen-bond acceptors (Lipinski definition) is 3. The lowest BCUT2D eigenvalue weighted by Gasteiger charge is -2.32. The highest BCUT2D eigenvalue weighted by atomic mass is 16.2. The van der Waals surface area contributed by atoms with Gasteiger partial charge in [0.2, 0.25) is 5.91 Å². The highest BCUT2D eigenvalue weighted by Crippen LogP contribution is 2.19. The number of benzene rings is 2. The highest BCUT2D eigenvalue weighted by Gasteiger charge is 2.28. The van der Waals surface area contributed by atoms with E-state index in [0.717, 1.165) is 24.9 Å². The van der Waals surface area contributed by atoms with Crippen molar-refractivity contribution in [3.05, 3.63) is 54.1 Å². The second-order valence-electron chi connectivity index (χ2n) is 7.82.